The Morgan fingerprint density at radius 3 is 2.73 bits per heavy atom. The monoisotopic (exact) mass is 534 g/mol. The molecule has 6 nitrogen and oxygen atoms in total. The molecule has 0 saturated carbocycles. The number of Topliss-reactive ketones (excluding diaryl/α,β-unsaturated/α-hetero) is 1. The predicted octanol–water partition coefficient (Wildman–Crippen LogP) is 6.77. The number of aromatic nitrogens is 1. The van der Waals surface area contributed by atoms with Gasteiger partial charge in [-0.05, 0) is 55.0 Å². The summed E-state index contributed by atoms with van der Waals surface area (Å²) in [5.41, 5.74) is 5.21. The topological polar surface area (TPSA) is 52.9 Å². The van der Waals surface area contributed by atoms with Gasteiger partial charge < -0.3 is 18.8 Å². The van der Waals surface area contributed by atoms with Crippen molar-refractivity contribution >= 4 is 46.0 Å². The number of ether oxygens (including phenoxy) is 3. The third-order valence-electron chi connectivity index (χ3n) is 6.92. The first-order valence-electron chi connectivity index (χ1n) is 11.8. The molecule has 0 unspecified atom stereocenters. The van der Waals surface area contributed by atoms with Crippen LogP contribution in [0.25, 0.3) is 17.0 Å². The standard InChI is InChI=1S/C29H24Cl2N2O4/c1-16-28-19(14-33(15-36-28)13-17-4-5-20(30)10-24(17)31)8-23-27(34)26(37-29(16)23)9-18-12-32(2)25-7-6-21(35-3)11-22(18)25/h4-12H,13-15H2,1-3H3/b26-9-. The van der Waals surface area contributed by atoms with Crippen LogP contribution in [0.1, 0.15) is 32.6 Å². The summed E-state index contributed by atoms with van der Waals surface area (Å²) in [4.78, 5) is 15.6. The van der Waals surface area contributed by atoms with E-state index in [0.717, 1.165) is 44.7 Å². The van der Waals surface area contributed by atoms with E-state index < -0.39 is 0 Å². The van der Waals surface area contributed by atoms with Crippen LogP contribution in [0.3, 0.4) is 0 Å². The van der Waals surface area contributed by atoms with Crippen molar-refractivity contribution in [2.24, 2.45) is 7.05 Å². The number of allylic oxidation sites excluding steroid dienone is 1. The maximum Gasteiger partial charge on any atom is 0.231 e. The molecular formula is C29H24Cl2N2O4. The lowest BCUT2D eigenvalue weighted by Gasteiger charge is -2.30. The minimum atomic E-state index is -0.140. The van der Waals surface area contributed by atoms with Gasteiger partial charge in [0.2, 0.25) is 5.78 Å². The first kappa shape index (κ1) is 23.9. The fraction of sp³-hybridized carbons (Fsp3) is 0.207. The Bertz CT molecular complexity index is 1620. The van der Waals surface area contributed by atoms with Crippen molar-refractivity contribution in [2.45, 2.75) is 20.0 Å². The van der Waals surface area contributed by atoms with Gasteiger partial charge in [0.05, 0.1) is 12.7 Å². The summed E-state index contributed by atoms with van der Waals surface area (Å²) in [5.74, 6) is 2.23. The first-order valence-corrected chi connectivity index (χ1v) is 12.6. The third kappa shape index (κ3) is 4.15. The molecule has 6 rings (SSSR count). The number of fused-ring (bicyclic) bond motifs is 3. The average Bonchev–Trinajstić information content (AvgIpc) is 3.37. The summed E-state index contributed by atoms with van der Waals surface area (Å²) < 4.78 is 19.7. The van der Waals surface area contributed by atoms with Gasteiger partial charge in [-0.15, -0.1) is 0 Å². The fourth-order valence-electron chi connectivity index (χ4n) is 5.07. The number of hydrogen-bond acceptors (Lipinski definition) is 5. The summed E-state index contributed by atoms with van der Waals surface area (Å²) in [7, 11) is 3.61. The molecule has 0 atom stereocenters. The molecule has 2 aliphatic heterocycles. The molecule has 0 fully saturated rings. The van der Waals surface area contributed by atoms with Crippen LogP contribution in [0, 0.1) is 6.92 Å². The largest absolute Gasteiger partial charge is 0.497 e. The van der Waals surface area contributed by atoms with E-state index in [-0.39, 0.29) is 5.78 Å². The molecule has 0 bridgehead atoms. The van der Waals surface area contributed by atoms with Gasteiger partial charge in [-0.1, -0.05) is 29.3 Å². The highest BCUT2D eigenvalue weighted by molar-refractivity contribution is 6.35. The lowest BCUT2D eigenvalue weighted by molar-refractivity contribution is 0.0877. The maximum atomic E-state index is 13.4. The minimum absolute atomic E-state index is 0.140. The SMILES string of the molecule is COc1ccc2c(c1)c(/C=C1\Oc3c(cc4c(c3C)OCN(Cc3ccc(Cl)cc3Cl)C4)C1=O)cn2C. The quantitative estimate of drug-likeness (QED) is 0.270. The molecule has 3 heterocycles. The molecule has 0 saturated heterocycles. The van der Waals surface area contributed by atoms with Gasteiger partial charge in [0.1, 0.15) is 24.0 Å². The number of nitrogens with zero attached hydrogens (tertiary/aromatic N) is 2. The van der Waals surface area contributed by atoms with E-state index in [1.54, 1.807) is 19.3 Å². The van der Waals surface area contributed by atoms with Crippen molar-refractivity contribution in [1.29, 1.82) is 0 Å². The number of carbonyl (C=O) groups is 1. The molecule has 1 aromatic heterocycles. The average molecular weight is 535 g/mol. The number of methoxy groups -OCH3 is 1. The highest BCUT2D eigenvalue weighted by atomic mass is 35.5. The van der Waals surface area contributed by atoms with Crippen molar-refractivity contribution in [3.05, 3.63) is 92.3 Å². The Morgan fingerprint density at radius 2 is 1.95 bits per heavy atom. The van der Waals surface area contributed by atoms with Crippen LogP contribution in [0.2, 0.25) is 10.0 Å². The van der Waals surface area contributed by atoms with Gasteiger partial charge >= 0.3 is 0 Å². The van der Waals surface area contributed by atoms with Crippen LogP contribution in [-0.2, 0) is 20.1 Å². The molecular weight excluding hydrogens is 511 g/mol. The van der Waals surface area contributed by atoms with E-state index >= 15 is 0 Å². The second-order valence-corrected chi connectivity index (χ2v) is 10.2. The molecule has 0 radical (unpaired) electrons. The summed E-state index contributed by atoms with van der Waals surface area (Å²) in [5, 5.41) is 2.20. The summed E-state index contributed by atoms with van der Waals surface area (Å²) in [6.45, 7) is 3.56. The Hall–Kier alpha value is -3.45. The Morgan fingerprint density at radius 1 is 1.11 bits per heavy atom. The fourth-order valence-corrected chi connectivity index (χ4v) is 5.54. The maximum absolute atomic E-state index is 13.4. The van der Waals surface area contributed by atoms with Gasteiger partial charge in [0, 0.05) is 64.0 Å². The smallest absolute Gasteiger partial charge is 0.231 e. The van der Waals surface area contributed by atoms with E-state index in [1.165, 1.54) is 0 Å². The molecule has 3 aromatic carbocycles. The highest BCUT2D eigenvalue weighted by Crippen LogP contribution is 2.43. The van der Waals surface area contributed by atoms with E-state index in [2.05, 4.69) is 4.90 Å². The number of carbonyl (C=O) groups excluding carboxylic acids is 1. The van der Waals surface area contributed by atoms with Gasteiger partial charge in [0.15, 0.2) is 5.76 Å². The number of rotatable bonds is 4. The summed E-state index contributed by atoms with van der Waals surface area (Å²) in [6, 6.07) is 13.3. The van der Waals surface area contributed by atoms with Crippen LogP contribution in [0.15, 0.2) is 54.4 Å². The molecule has 0 N–H and O–H groups in total. The Kier molecular flexibility index (Phi) is 5.91. The molecule has 4 aromatic rings. The molecule has 188 valence electrons. The number of halogens is 2. The van der Waals surface area contributed by atoms with E-state index in [4.69, 9.17) is 37.4 Å². The van der Waals surface area contributed by atoms with Crippen molar-refractivity contribution in [2.75, 3.05) is 13.8 Å². The zero-order chi connectivity index (χ0) is 25.8. The summed E-state index contributed by atoms with van der Waals surface area (Å²) >= 11 is 12.4. The second kappa shape index (κ2) is 9.14. The highest BCUT2D eigenvalue weighted by Gasteiger charge is 2.34. The number of hydrogen-bond donors (Lipinski definition) is 0. The van der Waals surface area contributed by atoms with Gasteiger partial charge in [-0.25, -0.2) is 0 Å². The zero-order valence-electron chi connectivity index (χ0n) is 20.6. The lowest BCUT2D eigenvalue weighted by Crippen LogP contribution is -2.32. The van der Waals surface area contributed by atoms with E-state index in [1.807, 2.05) is 61.1 Å². The molecule has 8 heteroatoms. The Labute approximate surface area is 224 Å². The van der Waals surface area contributed by atoms with Crippen LogP contribution >= 0.6 is 23.2 Å². The molecule has 0 aliphatic carbocycles. The van der Waals surface area contributed by atoms with Gasteiger partial charge in [-0.2, -0.15) is 0 Å². The minimum Gasteiger partial charge on any atom is -0.497 e. The van der Waals surface area contributed by atoms with Crippen LogP contribution < -0.4 is 14.2 Å². The van der Waals surface area contributed by atoms with E-state index in [9.17, 15) is 4.79 Å². The van der Waals surface area contributed by atoms with Crippen molar-refractivity contribution < 1.29 is 19.0 Å². The zero-order valence-corrected chi connectivity index (χ0v) is 22.1. The van der Waals surface area contributed by atoms with Crippen LogP contribution in [0.4, 0.5) is 0 Å². The number of benzene rings is 3. The number of ketones is 1. The van der Waals surface area contributed by atoms with Crippen LogP contribution in [-0.4, -0.2) is 29.1 Å². The summed E-state index contributed by atoms with van der Waals surface area (Å²) in [6.07, 6.45) is 3.79. The van der Waals surface area contributed by atoms with E-state index in [0.29, 0.717) is 46.9 Å². The molecule has 37 heavy (non-hydrogen) atoms. The first-order chi connectivity index (χ1) is 17.8. The van der Waals surface area contributed by atoms with Gasteiger partial charge in [0.25, 0.3) is 0 Å². The third-order valence-corrected chi connectivity index (χ3v) is 7.51. The number of aryl methyl sites for hydroxylation is 1. The molecule has 2 aliphatic rings. The predicted molar refractivity (Wildman–Crippen MR) is 145 cm³/mol. The van der Waals surface area contributed by atoms with Crippen molar-refractivity contribution in [1.82, 2.24) is 9.47 Å². The Balaban J connectivity index is 1.31. The normalized spacial score (nSPS) is 16.0. The van der Waals surface area contributed by atoms with Crippen molar-refractivity contribution in [3.8, 4) is 17.2 Å². The van der Waals surface area contributed by atoms with Crippen LogP contribution in [0.5, 0.6) is 17.2 Å². The molecule has 0 spiro atoms. The van der Waals surface area contributed by atoms with Crippen molar-refractivity contribution in [3.63, 3.8) is 0 Å². The lowest BCUT2D eigenvalue weighted by atomic mass is 9.99. The second-order valence-electron chi connectivity index (χ2n) is 9.38. The molecule has 0 amide bonds. The van der Waals surface area contributed by atoms with Gasteiger partial charge in [-0.3, -0.25) is 9.69 Å².